The van der Waals surface area contributed by atoms with Gasteiger partial charge in [-0.3, -0.25) is 9.69 Å². The highest BCUT2D eigenvalue weighted by molar-refractivity contribution is 5.68. The van der Waals surface area contributed by atoms with Crippen molar-refractivity contribution in [2.75, 3.05) is 41.0 Å². The Kier molecular flexibility index (Phi) is 6.66. The standard InChI is InChI=1S/C14H21NO5/c1-15(10-14(16)17)5-4-6-20-13-8-11(18-2)7-12(9-13)19-3/h7-9H,4-6,10H2,1-3H3,(H,16,17). The summed E-state index contributed by atoms with van der Waals surface area (Å²) in [4.78, 5) is 12.2. The van der Waals surface area contributed by atoms with Crippen LogP contribution < -0.4 is 14.2 Å². The monoisotopic (exact) mass is 283 g/mol. The van der Waals surface area contributed by atoms with Crippen LogP contribution in [0, 0.1) is 0 Å². The molecule has 0 saturated carbocycles. The first-order chi connectivity index (χ1) is 9.55. The number of rotatable bonds is 9. The maximum Gasteiger partial charge on any atom is 0.317 e. The van der Waals surface area contributed by atoms with Crippen molar-refractivity contribution in [2.45, 2.75) is 6.42 Å². The molecule has 0 atom stereocenters. The van der Waals surface area contributed by atoms with Gasteiger partial charge in [-0.05, 0) is 13.5 Å². The van der Waals surface area contributed by atoms with Gasteiger partial charge in [0.2, 0.25) is 0 Å². The van der Waals surface area contributed by atoms with E-state index in [4.69, 9.17) is 19.3 Å². The second-order valence-corrected chi connectivity index (χ2v) is 4.38. The van der Waals surface area contributed by atoms with Gasteiger partial charge in [0.15, 0.2) is 0 Å². The minimum absolute atomic E-state index is 0.0347. The number of ether oxygens (including phenoxy) is 3. The van der Waals surface area contributed by atoms with Crippen LogP contribution in [0.2, 0.25) is 0 Å². The molecule has 0 radical (unpaired) electrons. The van der Waals surface area contributed by atoms with Crippen molar-refractivity contribution in [3.8, 4) is 17.2 Å². The fourth-order valence-electron chi connectivity index (χ4n) is 1.70. The normalized spacial score (nSPS) is 10.4. The molecule has 0 aliphatic heterocycles. The second-order valence-electron chi connectivity index (χ2n) is 4.38. The molecule has 0 aliphatic carbocycles. The van der Waals surface area contributed by atoms with Gasteiger partial charge >= 0.3 is 5.97 Å². The Bertz CT molecular complexity index is 413. The number of nitrogens with zero attached hydrogens (tertiary/aromatic N) is 1. The van der Waals surface area contributed by atoms with Crippen LogP contribution in [0.5, 0.6) is 17.2 Å². The maximum atomic E-state index is 10.5. The molecule has 1 rings (SSSR count). The van der Waals surface area contributed by atoms with Crippen LogP contribution >= 0.6 is 0 Å². The Morgan fingerprint density at radius 3 is 2.20 bits per heavy atom. The van der Waals surface area contributed by atoms with Gasteiger partial charge in [-0.1, -0.05) is 0 Å². The molecule has 6 nitrogen and oxygen atoms in total. The summed E-state index contributed by atoms with van der Waals surface area (Å²) < 4.78 is 15.9. The number of carbonyl (C=O) groups is 1. The zero-order chi connectivity index (χ0) is 15.0. The fraction of sp³-hybridized carbons (Fsp3) is 0.500. The summed E-state index contributed by atoms with van der Waals surface area (Å²) in [6.07, 6.45) is 0.739. The van der Waals surface area contributed by atoms with Crippen molar-refractivity contribution < 1.29 is 24.1 Å². The number of benzene rings is 1. The number of carboxylic acid groups (broad SMARTS) is 1. The minimum Gasteiger partial charge on any atom is -0.496 e. The topological polar surface area (TPSA) is 68.2 Å². The Labute approximate surface area is 118 Å². The molecule has 0 aliphatic rings. The summed E-state index contributed by atoms with van der Waals surface area (Å²) in [6, 6.07) is 5.33. The maximum absolute atomic E-state index is 10.5. The van der Waals surface area contributed by atoms with Crippen LogP contribution in [0.3, 0.4) is 0 Å². The third-order valence-electron chi connectivity index (χ3n) is 2.68. The van der Waals surface area contributed by atoms with E-state index in [1.807, 2.05) is 0 Å². The van der Waals surface area contributed by atoms with E-state index in [0.717, 1.165) is 6.42 Å². The molecule has 1 N–H and O–H groups in total. The molecule has 0 heterocycles. The lowest BCUT2D eigenvalue weighted by molar-refractivity contribution is -0.138. The van der Waals surface area contributed by atoms with Crippen LogP contribution in [0.1, 0.15) is 6.42 Å². The van der Waals surface area contributed by atoms with Gasteiger partial charge in [-0.15, -0.1) is 0 Å². The first-order valence-electron chi connectivity index (χ1n) is 6.31. The average Bonchev–Trinajstić information content (AvgIpc) is 2.42. The Morgan fingerprint density at radius 2 is 1.70 bits per heavy atom. The third kappa shape index (κ3) is 5.79. The molecule has 0 saturated heterocycles. The van der Waals surface area contributed by atoms with Crippen molar-refractivity contribution >= 4 is 5.97 Å². The van der Waals surface area contributed by atoms with Gasteiger partial charge in [0.05, 0.1) is 27.4 Å². The van der Waals surface area contributed by atoms with E-state index in [9.17, 15) is 4.79 Å². The largest absolute Gasteiger partial charge is 0.496 e. The van der Waals surface area contributed by atoms with Gasteiger partial charge < -0.3 is 19.3 Å². The van der Waals surface area contributed by atoms with Crippen LogP contribution in [-0.4, -0.2) is 56.9 Å². The number of likely N-dealkylation sites (N-methyl/N-ethyl adjacent to an activating group) is 1. The van der Waals surface area contributed by atoms with E-state index in [2.05, 4.69) is 0 Å². The first kappa shape index (κ1) is 16.1. The van der Waals surface area contributed by atoms with E-state index in [1.54, 1.807) is 44.4 Å². The van der Waals surface area contributed by atoms with Crippen molar-refractivity contribution in [3.05, 3.63) is 18.2 Å². The number of hydrogen-bond donors (Lipinski definition) is 1. The smallest absolute Gasteiger partial charge is 0.317 e. The lowest BCUT2D eigenvalue weighted by atomic mass is 10.3. The molecule has 0 aromatic heterocycles. The summed E-state index contributed by atoms with van der Waals surface area (Å²) in [5.74, 6) is 1.18. The molecule has 20 heavy (non-hydrogen) atoms. The molecule has 112 valence electrons. The van der Waals surface area contributed by atoms with E-state index in [1.165, 1.54) is 0 Å². The van der Waals surface area contributed by atoms with Crippen molar-refractivity contribution in [2.24, 2.45) is 0 Å². The van der Waals surface area contributed by atoms with E-state index < -0.39 is 5.97 Å². The second kappa shape index (κ2) is 8.27. The summed E-state index contributed by atoms with van der Waals surface area (Å²) in [7, 11) is 4.93. The van der Waals surface area contributed by atoms with E-state index in [-0.39, 0.29) is 6.54 Å². The van der Waals surface area contributed by atoms with E-state index >= 15 is 0 Å². The quantitative estimate of drug-likeness (QED) is 0.693. The van der Waals surface area contributed by atoms with Crippen LogP contribution in [0.15, 0.2) is 18.2 Å². The first-order valence-corrected chi connectivity index (χ1v) is 6.31. The van der Waals surface area contributed by atoms with Crippen LogP contribution in [-0.2, 0) is 4.79 Å². The zero-order valence-corrected chi connectivity index (χ0v) is 12.1. The molecule has 0 fully saturated rings. The Hall–Kier alpha value is -1.95. The SMILES string of the molecule is COc1cc(OC)cc(OCCCN(C)CC(=O)O)c1. The highest BCUT2D eigenvalue weighted by Gasteiger charge is 2.05. The summed E-state index contributed by atoms with van der Waals surface area (Å²) in [5.41, 5.74) is 0. The van der Waals surface area contributed by atoms with Crippen LogP contribution in [0.4, 0.5) is 0 Å². The molecule has 0 unspecified atom stereocenters. The van der Waals surface area contributed by atoms with Gasteiger partial charge in [0.25, 0.3) is 0 Å². The molecular formula is C14H21NO5. The molecule has 6 heteroatoms. The number of methoxy groups -OCH3 is 2. The van der Waals surface area contributed by atoms with Crippen LogP contribution in [0.25, 0.3) is 0 Å². The summed E-state index contributed by atoms with van der Waals surface area (Å²) in [6.45, 7) is 1.20. The molecule has 0 amide bonds. The molecular weight excluding hydrogens is 262 g/mol. The minimum atomic E-state index is -0.828. The Balaban J connectivity index is 2.39. The summed E-state index contributed by atoms with van der Waals surface area (Å²) >= 11 is 0. The Morgan fingerprint density at radius 1 is 1.15 bits per heavy atom. The molecule has 1 aromatic rings. The predicted octanol–water partition coefficient (Wildman–Crippen LogP) is 1.49. The summed E-state index contributed by atoms with van der Waals surface area (Å²) in [5, 5.41) is 8.63. The molecule has 0 bridgehead atoms. The van der Waals surface area contributed by atoms with Gasteiger partial charge in [0.1, 0.15) is 17.2 Å². The van der Waals surface area contributed by atoms with Gasteiger partial charge in [-0.2, -0.15) is 0 Å². The zero-order valence-electron chi connectivity index (χ0n) is 12.1. The average molecular weight is 283 g/mol. The fourth-order valence-corrected chi connectivity index (χ4v) is 1.70. The highest BCUT2D eigenvalue weighted by atomic mass is 16.5. The van der Waals surface area contributed by atoms with Crippen molar-refractivity contribution in [1.29, 1.82) is 0 Å². The number of hydrogen-bond acceptors (Lipinski definition) is 5. The van der Waals surface area contributed by atoms with E-state index in [0.29, 0.717) is 30.4 Å². The molecule has 1 aromatic carbocycles. The van der Waals surface area contributed by atoms with Gasteiger partial charge in [0, 0.05) is 24.7 Å². The predicted molar refractivity (Wildman–Crippen MR) is 74.8 cm³/mol. The number of aliphatic carboxylic acids is 1. The van der Waals surface area contributed by atoms with Crippen molar-refractivity contribution in [3.63, 3.8) is 0 Å². The molecule has 0 spiro atoms. The lowest BCUT2D eigenvalue weighted by Crippen LogP contribution is -2.27. The highest BCUT2D eigenvalue weighted by Crippen LogP contribution is 2.27. The lowest BCUT2D eigenvalue weighted by Gasteiger charge is -2.14. The van der Waals surface area contributed by atoms with Crippen molar-refractivity contribution in [1.82, 2.24) is 4.90 Å². The number of carboxylic acids is 1. The van der Waals surface area contributed by atoms with Gasteiger partial charge in [-0.25, -0.2) is 0 Å². The third-order valence-corrected chi connectivity index (χ3v) is 2.68.